The molecule has 2 N–H and O–H groups in total. The molecule has 6 rings (SSSR count). The van der Waals surface area contributed by atoms with Gasteiger partial charge >= 0.3 is 0 Å². The Balaban J connectivity index is 1.47. The van der Waals surface area contributed by atoms with E-state index in [9.17, 15) is 0 Å². The minimum Gasteiger partial charge on any atom is -0.370 e. The van der Waals surface area contributed by atoms with Gasteiger partial charge in [0.05, 0.1) is 5.84 Å². The van der Waals surface area contributed by atoms with Crippen molar-refractivity contribution >= 4 is 5.84 Å². The van der Waals surface area contributed by atoms with Crippen LogP contribution in [0.3, 0.4) is 0 Å². The van der Waals surface area contributed by atoms with Gasteiger partial charge in [0.25, 0.3) is 0 Å². The number of aromatic nitrogens is 4. The van der Waals surface area contributed by atoms with Crippen molar-refractivity contribution in [3.63, 3.8) is 0 Å². The molecule has 6 nitrogen and oxygen atoms in total. The van der Waals surface area contributed by atoms with Crippen molar-refractivity contribution in [1.82, 2.24) is 25.5 Å². The third-order valence-corrected chi connectivity index (χ3v) is 8.08. The number of amidine groups is 1. The second kappa shape index (κ2) is 13.3. The zero-order chi connectivity index (χ0) is 30.2. The first-order valence-electron chi connectivity index (χ1n) is 15.2. The zero-order valence-corrected chi connectivity index (χ0v) is 24.9. The highest BCUT2D eigenvalue weighted by molar-refractivity contribution is 5.81. The van der Waals surface area contributed by atoms with Crippen LogP contribution in [0.5, 0.6) is 0 Å². The van der Waals surface area contributed by atoms with E-state index in [-0.39, 0.29) is 0 Å². The third kappa shape index (κ3) is 5.66. The average molecular weight is 577 g/mol. The molecular formula is C38H36N6. The topological polar surface area (TPSA) is 79.5 Å². The average Bonchev–Trinajstić information content (AvgIpc) is 3.58. The largest absolute Gasteiger partial charge is 0.370 e. The summed E-state index contributed by atoms with van der Waals surface area (Å²) in [5, 5.41) is 25.1. The van der Waals surface area contributed by atoms with Crippen LogP contribution in [0.15, 0.2) is 140 Å². The molecule has 0 aliphatic heterocycles. The van der Waals surface area contributed by atoms with Crippen LogP contribution in [0.1, 0.15) is 48.4 Å². The molecule has 0 aliphatic carbocycles. The molecule has 218 valence electrons. The second-order valence-electron chi connectivity index (χ2n) is 10.9. The Morgan fingerprint density at radius 3 is 1.75 bits per heavy atom. The predicted molar refractivity (Wildman–Crippen MR) is 177 cm³/mol. The lowest BCUT2D eigenvalue weighted by Gasteiger charge is -2.36. The first-order chi connectivity index (χ1) is 21.7. The molecule has 0 saturated carbocycles. The molecule has 6 heteroatoms. The Bertz CT molecular complexity index is 1700. The Labute approximate surface area is 258 Å². The van der Waals surface area contributed by atoms with Crippen molar-refractivity contribution in [2.45, 2.75) is 38.3 Å². The molecule has 6 aromatic rings. The number of tetrazole rings is 1. The number of nitrogens with one attached hydrogen (secondary N) is 2. The molecule has 1 aromatic heterocycles. The molecule has 0 atom stereocenters. The van der Waals surface area contributed by atoms with Gasteiger partial charge < -0.3 is 5.32 Å². The van der Waals surface area contributed by atoms with E-state index in [4.69, 9.17) is 10.6 Å². The molecule has 5 aromatic carbocycles. The molecule has 44 heavy (non-hydrogen) atoms. The van der Waals surface area contributed by atoms with Gasteiger partial charge in [0.15, 0.2) is 5.82 Å². The Morgan fingerprint density at radius 1 is 0.682 bits per heavy atom. The quantitative estimate of drug-likeness (QED) is 0.0928. The standard InChI is InChI=1S/C38H36N6/c1-2-3-23-36(39)40-28-29-24-26-30(27-25-29)34-21-13-14-22-35(34)37-41-42-43-44(37)38(31-15-7-4-8-16-31,32-17-9-5-10-18-32)33-19-11-6-12-20-33/h4-22,24-27H,2-3,23,28H2,1H3,(H2,39,40). The first-order valence-corrected chi connectivity index (χ1v) is 15.2. The van der Waals surface area contributed by atoms with Crippen LogP contribution in [0.2, 0.25) is 0 Å². The summed E-state index contributed by atoms with van der Waals surface area (Å²) in [5.41, 5.74) is 6.55. The van der Waals surface area contributed by atoms with Crippen molar-refractivity contribution in [3.8, 4) is 22.5 Å². The molecule has 0 radical (unpaired) electrons. The van der Waals surface area contributed by atoms with Crippen molar-refractivity contribution < 1.29 is 0 Å². The smallest absolute Gasteiger partial charge is 0.184 e. The van der Waals surface area contributed by atoms with Gasteiger partial charge in [-0.05, 0) is 50.2 Å². The van der Waals surface area contributed by atoms with Crippen molar-refractivity contribution in [2.75, 3.05) is 0 Å². The first kappa shape index (κ1) is 28.7. The number of benzene rings is 5. The molecule has 0 amide bonds. The van der Waals surface area contributed by atoms with Gasteiger partial charge in [0.1, 0.15) is 5.54 Å². The van der Waals surface area contributed by atoms with Crippen LogP contribution in [-0.4, -0.2) is 26.0 Å². The van der Waals surface area contributed by atoms with Gasteiger partial charge in [-0.1, -0.05) is 153 Å². The van der Waals surface area contributed by atoms with Crippen LogP contribution >= 0.6 is 0 Å². The van der Waals surface area contributed by atoms with Crippen molar-refractivity contribution in [2.24, 2.45) is 0 Å². The lowest BCUT2D eigenvalue weighted by atomic mass is 9.77. The fourth-order valence-corrected chi connectivity index (χ4v) is 5.87. The molecule has 0 aliphatic rings. The zero-order valence-electron chi connectivity index (χ0n) is 24.9. The van der Waals surface area contributed by atoms with Gasteiger partial charge in [-0.25, -0.2) is 4.68 Å². The summed E-state index contributed by atoms with van der Waals surface area (Å²) in [6.07, 6.45) is 2.90. The monoisotopic (exact) mass is 576 g/mol. The van der Waals surface area contributed by atoms with Crippen molar-refractivity contribution in [1.29, 1.82) is 5.41 Å². The minimum absolute atomic E-state index is 0.590. The van der Waals surface area contributed by atoms with E-state index >= 15 is 0 Å². The normalized spacial score (nSPS) is 11.3. The minimum atomic E-state index is -0.826. The van der Waals surface area contributed by atoms with Crippen LogP contribution in [-0.2, 0) is 12.1 Å². The Kier molecular flexibility index (Phi) is 8.69. The molecular weight excluding hydrogens is 540 g/mol. The number of nitrogens with zero attached hydrogens (tertiary/aromatic N) is 4. The molecule has 0 bridgehead atoms. The number of hydrogen-bond acceptors (Lipinski definition) is 4. The maximum absolute atomic E-state index is 8.15. The van der Waals surface area contributed by atoms with Crippen LogP contribution in [0, 0.1) is 5.41 Å². The predicted octanol–water partition coefficient (Wildman–Crippen LogP) is 8.10. The van der Waals surface area contributed by atoms with Gasteiger partial charge in [-0.15, -0.1) is 5.10 Å². The maximum atomic E-state index is 8.15. The van der Waals surface area contributed by atoms with E-state index in [1.807, 2.05) is 28.9 Å². The van der Waals surface area contributed by atoms with Crippen LogP contribution < -0.4 is 5.32 Å². The summed E-state index contributed by atoms with van der Waals surface area (Å²) < 4.78 is 1.98. The molecule has 0 spiro atoms. The number of unbranched alkanes of at least 4 members (excludes halogenated alkanes) is 1. The van der Waals surface area contributed by atoms with E-state index in [1.165, 1.54) is 0 Å². The van der Waals surface area contributed by atoms with E-state index in [0.29, 0.717) is 18.2 Å². The summed E-state index contributed by atoms with van der Waals surface area (Å²) in [5.74, 6) is 1.26. The van der Waals surface area contributed by atoms with Gasteiger partial charge in [0.2, 0.25) is 0 Å². The lowest BCUT2D eigenvalue weighted by molar-refractivity contribution is 0.451. The van der Waals surface area contributed by atoms with Gasteiger partial charge in [-0.3, -0.25) is 5.41 Å². The SMILES string of the molecule is CCCCC(=N)NCc1ccc(-c2ccccc2-c2nnnn2C(c2ccccc2)(c2ccccc2)c2ccccc2)cc1. The molecule has 0 unspecified atom stereocenters. The maximum Gasteiger partial charge on any atom is 0.184 e. The van der Waals surface area contributed by atoms with Crippen LogP contribution in [0.4, 0.5) is 0 Å². The third-order valence-electron chi connectivity index (χ3n) is 8.08. The lowest BCUT2D eigenvalue weighted by Crippen LogP contribution is -2.39. The highest BCUT2D eigenvalue weighted by atomic mass is 15.6. The summed E-state index contributed by atoms with van der Waals surface area (Å²) in [4.78, 5) is 0. The Hall–Kier alpha value is -5.36. The summed E-state index contributed by atoms with van der Waals surface area (Å²) >= 11 is 0. The highest BCUT2D eigenvalue weighted by Gasteiger charge is 2.42. The van der Waals surface area contributed by atoms with E-state index in [0.717, 1.165) is 58.2 Å². The number of hydrogen-bond donors (Lipinski definition) is 2. The highest BCUT2D eigenvalue weighted by Crippen LogP contribution is 2.43. The molecule has 1 heterocycles. The van der Waals surface area contributed by atoms with E-state index in [1.54, 1.807) is 0 Å². The van der Waals surface area contributed by atoms with Gasteiger partial charge in [-0.2, -0.15) is 0 Å². The van der Waals surface area contributed by atoms with E-state index in [2.05, 4.69) is 138 Å². The summed E-state index contributed by atoms with van der Waals surface area (Å²) in [6, 6.07) is 48.2. The molecule has 0 fully saturated rings. The second-order valence-corrected chi connectivity index (χ2v) is 10.9. The Morgan fingerprint density at radius 2 is 1.20 bits per heavy atom. The summed E-state index contributed by atoms with van der Waals surface area (Å²) in [6.45, 7) is 2.78. The molecule has 0 saturated heterocycles. The number of rotatable bonds is 11. The fourth-order valence-electron chi connectivity index (χ4n) is 5.87. The van der Waals surface area contributed by atoms with Gasteiger partial charge in [0, 0.05) is 18.5 Å². The van der Waals surface area contributed by atoms with Crippen LogP contribution in [0.25, 0.3) is 22.5 Å². The van der Waals surface area contributed by atoms with E-state index < -0.39 is 5.54 Å². The fraction of sp³-hybridized carbons (Fsp3) is 0.158. The van der Waals surface area contributed by atoms with Crippen molar-refractivity contribution in [3.05, 3.63) is 162 Å². The summed E-state index contributed by atoms with van der Waals surface area (Å²) in [7, 11) is 0.